The molecule has 0 aliphatic rings. The zero-order valence-corrected chi connectivity index (χ0v) is 11.2. The molecule has 0 radical (unpaired) electrons. The maximum Gasteiger partial charge on any atom is 0.360 e. The van der Waals surface area contributed by atoms with E-state index in [0.29, 0.717) is 5.76 Å². The highest BCUT2D eigenvalue weighted by molar-refractivity contribution is 5.88. The van der Waals surface area contributed by atoms with Gasteiger partial charge in [0.25, 0.3) is 0 Å². The lowest BCUT2D eigenvalue weighted by molar-refractivity contribution is 0.0461. The summed E-state index contributed by atoms with van der Waals surface area (Å²) in [7, 11) is 0. The Morgan fingerprint density at radius 1 is 1.00 bits per heavy atom. The Bertz CT molecular complexity index is 720. The van der Waals surface area contributed by atoms with Crippen LogP contribution < -0.4 is 0 Å². The highest BCUT2D eigenvalue weighted by Gasteiger charge is 2.14. The maximum absolute atomic E-state index is 11.9. The molecule has 0 fully saturated rings. The highest BCUT2D eigenvalue weighted by Crippen LogP contribution is 2.20. The first-order chi connectivity index (χ1) is 10.3. The minimum atomic E-state index is -0.496. The average molecular weight is 279 g/mol. The summed E-state index contributed by atoms with van der Waals surface area (Å²) in [4.78, 5) is 11.9. The summed E-state index contributed by atoms with van der Waals surface area (Å²) in [6, 6.07) is 20.6. The van der Waals surface area contributed by atoms with E-state index >= 15 is 0 Å². The van der Waals surface area contributed by atoms with Crippen molar-refractivity contribution in [1.82, 2.24) is 5.16 Å². The normalized spacial score (nSPS) is 10.3. The van der Waals surface area contributed by atoms with Crippen LogP contribution in [0.15, 0.2) is 71.3 Å². The van der Waals surface area contributed by atoms with E-state index < -0.39 is 5.97 Å². The molecule has 104 valence electrons. The lowest BCUT2D eigenvalue weighted by Crippen LogP contribution is -2.05. The summed E-state index contributed by atoms with van der Waals surface area (Å²) >= 11 is 0. The van der Waals surface area contributed by atoms with Gasteiger partial charge in [-0.1, -0.05) is 65.8 Å². The molecule has 0 amide bonds. The number of hydrogen-bond donors (Lipinski definition) is 0. The number of hydrogen-bond acceptors (Lipinski definition) is 4. The summed E-state index contributed by atoms with van der Waals surface area (Å²) < 4.78 is 10.4. The Hall–Kier alpha value is -2.88. The van der Waals surface area contributed by atoms with Crippen LogP contribution in [0.25, 0.3) is 11.3 Å². The van der Waals surface area contributed by atoms with Crippen LogP contribution in [0.4, 0.5) is 0 Å². The van der Waals surface area contributed by atoms with Gasteiger partial charge < -0.3 is 9.26 Å². The van der Waals surface area contributed by atoms with Crippen molar-refractivity contribution in [1.29, 1.82) is 0 Å². The van der Waals surface area contributed by atoms with Gasteiger partial charge in [0.05, 0.1) is 0 Å². The van der Waals surface area contributed by atoms with Crippen molar-refractivity contribution in [2.45, 2.75) is 6.61 Å². The molecule has 0 saturated carbocycles. The van der Waals surface area contributed by atoms with Gasteiger partial charge in [-0.15, -0.1) is 0 Å². The molecule has 0 aliphatic carbocycles. The Labute approximate surface area is 122 Å². The number of carbonyl (C=O) groups excluding carboxylic acids is 1. The zero-order valence-electron chi connectivity index (χ0n) is 11.2. The smallest absolute Gasteiger partial charge is 0.360 e. The Morgan fingerprint density at radius 2 is 1.67 bits per heavy atom. The van der Waals surface area contributed by atoms with Gasteiger partial charge in [0.1, 0.15) is 6.61 Å². The summed E-state index contributed by atoms with van der Waals surface area (Å²) in [5.74, 6) is 0.0482. The predicted molar refractivity (Wildman–Crippen MR) is 77.5 cm³/mol. The minimum absolute atomic E-state index is 0.171. The van der Waals surface area contributed by atoms with Crippen LogP contribution >= 0.6 is 0 Å². The second kappa shape index (κ2) is 6.05. The maximum atomic E-state index is 11.9. The van der Waals surface area contributed by atoms with Gasteiger partial charge in [-0.3, -0.25) is 0 Å². The van der Waals surface area contributed by atoms with Crippen molar-refractivity contribution in [2.75, 3.05) is 0 Å². The number of ether oxygens (including phenoxy) is 1. The minimum Gasteiger partial charge on any atom is -0.456 e. The van der Waals surface area contributed by atoms with E-state index in [1.165, 1.54) is 0 Å². The van der Waals surface area contributed by atoms with E-state index in [1.54, 1.807) is 6.07 Å². The third kappa shape index (κ3) is 3.17. The molecule has 2 aromatic carbocycles. The third-order valence-corrected chi connectivity index (χ3v) is 2.99. The Kier molecular flexibility index (Phi) is 3.78. The number of carbonyl (C=O) groups is 1. The molecule has 21 heavy (non-hydrogen) atoms. The molecule has 4 heteroatoms. The largest absolute Gasteiger partial charge is 0.456 e. The second-order valence-electron chi connectivity index (χ2n) is 4.50. The molecule has 0 spiro atoms. The fourth-order valence-electron chi connectivity index (χ4n) is 1.91. The molecule has 0 saturated heterocycles. The van der Waals surface area contributed by atoms with Crippen LogP contribution in [0.1, 0.15) is 16.1 Å². The quantitative estimate of drug-likeness (QED) is 0.683. The standard InChI is InChI=1S/C17H13NO3/c19-17(20-12-13-7-3-1-4-8-13)15-11-16(21-18-15)14-9-5-2-6-10-14/h1-11H,12H2. The van der Waals surface area contributed by atoms with Crippen LogP contribution in [0, 0.1) is 0 Å². The lowest BCUT2D eigenvalue weighted by Gasteiger charge is -2.01. The van der Waals surface area contributed by atoms with Crippen molar-refractivity contribution in [3.05, 3.63) is 78.0 Å². The second-order valence-corrected chi connectivity index (χ2v) is 4.50. The molecule has 0 aliphatic heterocycles. The third-order valence-electron chi connectivity index (χ3n) is 2.99. The Morgan fingerprint density at radius 3 is 2.38 bits per heavy atom. The summed E-state index contributed by atoms with van der Waals surface area (Å²) in [5, 5.41) is 3.76. The van der Waals surface area contributed by atoms with Gasteiger partial charge in [0.15, 0.2) is 11.5 Å². The molecule has 3 rings (SSSR count). The van der Waals surface area contributed by atoms with Gasteiger partial charge in [-0.2, -0.15) is 0 Å². The van der Waals surface area contributed by atoms with Crippen molar-refractivity contribution >= 4 is 5.97 Å². The topological polar surface area (TPSA) is 52.3 Å². The Balaban J connectivity index is 1.67. The summed E-state index contributed by atoms with van der Waals surface area (Å²) in [6.07, 6.45) is 0. The van der Waals surface area contributed by atoms with Crippen molar-refractivity contribution in [3.8, 4) is 11.3 Å². The molecular weight excluding hydrogens is 266 g/mol. The highest BCUT2D eigenvalue weighted by atomic mass is 16.5. The van der Waals surface area contributed by atoms with Crippen molar-refractivity contribution in [3.63, 3.8) is 0 Å². The first-order valence-corrected chi connectivity index (χ1v) is 6.56. The zero-order chi connectivity index (χ0) is 14.5. The van der Waals surface area contributed by atoms with Crippen molar-refractivity contribution < 1.29 is 14.1 Å². The SMILES string of the molecule is O=C(OCc1ccccc1)c1cc(-c2ccccc2)on1. The molecule has 1 heterocycles. The number of nitrogens with zero attached hydrogens (tertiary/aromatic N) is 1. The van der Waals surface area contributed by atoms with E-state index in [9.17, 15) is 4.79 Å². The summed E-state index contributed by atoms with van der Waals surface area (Å²) in [6.45, 7) is 0.215. The van der Waals surface area contributed by atoms with Gasteiger partial charge in [-0.05, 0) is 5.56 Å². The molecule has 0 atom stereocenters. The van der Waals surface area contributed by atoms with E-state index in [4.69, 9.17) is 9.26 Å². The molecule has 0 N–H and O–H groups in total. The van der Waals surface area contributed by atoms with Gasteiger partial charge in [0.2, 0.25) is 0 Å². The van der Waals surface area contributed by atoms with Crippen LogP contribution in [0.5, 0.6) is 0 Å². The number of esters is 1. The molecule has 1 aromatic heterocycles. The van der Waals surface area contributed by atoms with E-state index in [2.05, 4.69) is 5.16 Å². The monoisotopic (exact) mass is 279 g/mol. The van der Waals surface area contributed by atoms with E-state index in [1.807, 2.05) is 60.7 Å². The van der Waals surface area contributed by atoms with E-state index in [-0.39, 0.29) is 12.3 Å². The predicted octanol–water partition coefficient (Wildman–Crippen LogP) is 3.70. The average Bonchev–Trinajstić information content (AvgIpc) is 3.04. The molecule has 4 nitrogen and oxygen atoms in total. The lowest BCUT2D eigenvalue weighted by atomic mass is 10.2. The van der Waals surface area contributed by atoms with Gasteiger partial charge in [0, 0.05) is 11.6 Å². The van der Waals surface area contributed by atoms with Crippen LogP contribution in [-0.4, -0.2) is 11.1 Å². The van der Waals surface area contributed by atoms with Gasteiger partial charge in [-0.25, -0.2) is 4.79 Å². The summed E-state index contributed by atoms with van der Waals surface area (Å²) in [5.41, 5.74) is 1.97. The van der Waals surface area contributed by atoms with Gasteiger partial charge >= 0.3 is 5.97 Å². The number of rotatable bonds is 4. The van der Waals surface area contributed by atoms with E-state index in [0.717, 1.165) is 11.1 Å². The molecular formula is C17H13NO3. The molecule has 0 unspecified atom stereocenters. The fraction of sp³-hybridized carbons (Fsp3) is 0.0588. The first kappa shape index (κ1) is 13.1. The van der Waals surface area contributed by atoms with Crippen molar-refractivity contribution in [2.24, 2.45) is 0 Å². The molecule has 0 bridgehead atoms. The fourth-order valence-corrected chi connectivity index (χ4v) is 1.91. The first-order valence-electron chi connectivity index (χ1n) is 6.56. The molecule has 3 aromatic rings. The van der Waals surface area contributed by atoms with Crippen LogP contribution in [0.2, 0.25) is 0 Å². The number of aromatic nitrogens is 1. The number of benzene rings is 2. The van der Waals surface area contributed by atoms with Crippen LogP contribution in [0.3, 0.4) is 0 Å². The van der Waals surface area contributed by atoms with Crippen LogP contribution in [-0.2, 0) is 11.3 Å².